The van der Waals surface area contributed by atoms with Crippen molar-refractivity contribution < 1.29 is 4.79 Å². The predicted octanol–water partition coefficient (Wildman–Crippen LogP) is 2.01. The van der Waals surface area contributed by atoms with Crippen LogP contribution in [0.2, 0.25) is 0 Å². The first-order valence-electron chi connectivity index (χ1n) is 7.20. The summed E-state index contributed by atoms with van der Waals surface area (Å²) in [4.78, 5) is 15.9. The fourth-order valence-electron chi connectivity index (χ4n) is 2.61. The highest BCUT2D eigenvalue weighted by atomic mass is 35.5. The Morgan fingerprint density at radius 2 is 2.14 bits per heavy atom. The minimum Gasteiger partial charge on any atom is -0.352 e. The molecule has 1 aromatic rings. The van der Waals surface area contributed by atoms with E-state index in [1.807, 2.05) is 17.7 Å². The molecular formula is C14H26Cl2N4O. The minimum atomic E-state index is 0. The first kappa shape index (κ1) is 20.2. The monoisotopic (exact) mass is 336 g/mol. The van der Waals surface area contributed by atoms with Gasteiger partial charge in [0.15, 0.2) is 0 Å². The quantitative estimate of drug-likeness (QED) is 0.835. The Kier molecular flexibility index (Phi) is 10.5. The molecule has 1 aromatic heterocycles. The van der Waals surface area contributed by atoms with E-state index in [1.165, 1.54) is 12.8 Å². The molecule has 1 unspecified atom stereocenters. The third kappa shape index (κ3) is 7.69. The van der Waals surface area contributed by atoms with Gasteiger partial charge >= 0.3 is 0 Å². The fourth-order valence-corrected chi connectivity index (χ4v) is 2.61. The van der Waals surface area contributed by atoms with Crippen LogP contribution in [0.15, 0.2) is 18.7 Å². The molecule has 2 rings (SSSR count). The van der Waals surface area contributed by atoms with Crippen molar-refractivity contribution in [3.63, 3.8) is 0 Å². The molecule has 1 saturated heterocycles. The largest absolute Gasteiger partial charge is 0.352 e. The van der Waals surface area contributed by atoms with Gasteiger partial charge in [-0.25, -0.2) is 4.98 Å². The zero-order valence-electron chi connectivity index (χ0n) is 12.5. The Labute approximate surface area is 139 Å². The van der Waals surface area contributed by atoms with E-state index in [-0.39, 0.29) is 36.8 Å². The molecule has 0 bridgehead atoms. The molecule has 0 radical (unpaired) electrons. The van der Waals surface area contributed by atoms with Gasteiger partial charge in [-0.05, 0) is 45.2 Å². The van der Waals surface area contributed by atoms with Gasteiger partial charge in [-0.3, -0.25) is 4.79 Å². The molecule has 0 spiro atoms. The van der Waals surface area contributed by atoms with Crippen LogP contribution in [0.25, 0.3) is 0 Å². The molecule has 1 atom stereocenters. The minimum absolute atomic E-state index is 0. The molecule has 7 heteroatoms. The first-order chi connectivity index (χ1) is 9.24. The Morgan fingerprint density at radius 3 is 2.76 bits per heavy atom. The molecule has 2 heterocycles. The molecule has 0 saturated carbocycles. The molecule has 1 aliphatic rings. The summed E-state index contributed by atoms with van der Waals surface area (Å²) in [5.41, 5.74) is 0. The van der Waals surface area contributed by atoms with Crippen molar-refractivity contribution in [2.45, 2.75) is 45.2 Å². The third-order valence-corrected chi connectivity index (χ3v) is 3.69. The average Bonchev–Trinajstić information content (AvgIpc) is 2.90. The number of carbonyl (C=O) groups excluding carboxylic acids is 1. The highest BCUT2D eigenvalue weighted by Gasteiger charge is 2.15. The van der Waals surface area contributed by atoms with Crippen LogP contribution < -0.4 is 10.6 Å². The number of hydrogen-bond acceptors (Lipinski definition) is 3. The number of hydrogen-bond donors (Lipinski definition) is 2. The molecule has 21 heavy (non-hydrogen) atoms. The maximum atomic E-state index is 11.9. The van der Waals surface area contributed by atoms with Gasteiger partial charge in [-0.1, -0.05) is 0 Å². The number of imidazole rings is 1. The fraction of sp³-hybridized carbons (Fsp3) is 0.714. The highest BCUT2D eigenvalue weighted by molar-refractivity contribution is 5.85. The zero-order valence-corrected chi connectivity index (χ0v) is 14.1. The molecule has 0 aliphatic carbocycles. The number of rotatable bonds is 6. The number of halogens is 2. The SMILES string of the molecule is CC(Cn1ccnc1)NC(=O)CCC1CCNCC1.Cl.Cl. The summed E-state index contributed by atoms with van der Waals surface area (Å²) in [6.45, 7) is 5.01. The van der Waals surface area contributed by atoms with Crippen LogP contribution in [-0.4, -0.2) is 34.6 Å². The summed E-state index contributed by atoms with van der Waals surface area (Å²) in [6, 6.07) is 0.148. The van der Waals surface area contributed by atoms with Crippen LogP contribution in [0.3, 0.4) is 0 Å². The van der Waals surface area contributed by atoms with Gasteiger partial charge < -0.3 is 15.2 Å². The van der Waals surface area contributed by atoms with Gasteiger partial charge in [0.1, 0.15) is 0 Å². The standard InChI is InChI=1S/C14H24N4O.2ClH/c1-12(10-18-9-8-16-11-18)17-14(19)3-2-13-4-6-15-7-5-13;;/h8-9,11-13,15H,2-7,10H2,1H3,(H,17,19);2*1H. The lowest BCUT2D eigenvalue weighted by Crippen LogP contribution is -2.36. The van der Waals surface area contributed by atoms with Crippen LogP contribution in [-0.2, 0) is 11.3 Å². The molecule has 1 aliphatic heterocycles. The van der Waals surface area contributed by atoms with Crippen LogP contribution in [0, 0.1) is 5.92 Å². The number of piperidine rings is 1. The van der Waals surface area contributed by atoms with E-state index in [9.17, 15) is 4.79 Å². The summed E-state index contributed by atoms with van der Waals surface area (Å²) < 4.78 is 1.98. The van der Waals surface area contributed by atoms with Gasteiger partial charge in [-0.15, -0.1) is 24.8 Å². The van der Waals surface area contributed by atoms with Gasteiger partial charge in [-0.2, -0.15) is 0 Å². The predicted molar refractivity (Wildman–Crippen MR) is 89.2 cm³/mol. The topological polar surface area (TPSA) is 59.0 Å². The highest BCUT2D eigenvalue weighted by Crippen LogP contribution is 2.17. The molecule has 1 fully saturated rings. The van der Waals surface area contributed by atoms with Gasteiger partial charge in [0.25, 0.3) is 0 Å². The van der Waals surface area contributed by atoms with Gasteiger partial charge in [0.05, 0.1) is 6.33 Å². The number of carbonyl (C=O) groups is 1. The second-order valence-corrected chi connectivity index (χ2v) is 5.46. The van der Waals surface area contributed by atoms with Crippen LogP contribution >= 0.6 is 24.8 Å². The maximum Gasteiger partial charge on any atom is 0.220 e. The van der Waals surface area contributed by atoms with Crippen LogP contribution in [0.5, 0.6) is 0 Å². The third-order valence-electron chi connectivity index (χ3n) is 3.69. The lowest BCUT2D eigenvalue weighted by atomic mass is 9.93. The van der Waals surface area contributed by atoms with E-state index in [1.54, 1.807) is 12.5 Å². The molecular weight excluding hydrogens is 311 g/mol. The molecule has 5 nitrogen and oxygen atoms in total. The van der Waals surface area contributed by atoms with Crippen LogP contribution in [0.4, 0.5) is 0 Å². The smallest absolute Gasteiger partial charge is 0.220 e. The molecule has 0 aromatic carbocycles. The first-order valence-corrected chi connectivity index (χ1v) is 7.20. The summed E-state index contributed by atoms with van der Waals surface area (Å²) in [6.07, 6.45) is 9.53. The second-order valence-electron chi connectivity index (χ2n) is 5.46. The van der Waals surface area contributed by atoms with Crippen molar-refractivity contribution in [1.82, 2.24) is 20.2 Å². The Bertz CT molecular complexity index is 380. The van der Waals surface area contributed by atoms with E-state index in [0.717, 1.165) is 32.0 Å². The Hall–Kier alpha value is -0.780. The number of nitrogens with one attached hydrogen (secondary N) is 2. The van der Waals surface area contributed by atoms with E-state index in [2.05, 4.69) is 15.6 Å². The lowest BCUT2D eigenvalue weighted by Gasteiger charge is -2.22. The van der Waals surface area contributed by atoms with Crippen molar-refractivity contribution in [2.75, 3.05) is 13.1 Å². The lowest BCUT2D eigenvalue weighted by molar-refractivity contribution is -0.122. The molecule has 1 amide bonds. The van der Waals surface area contributed by atoms with E-state index < -0.39 is 0 Å². The van der Waals surface area contributed by atoms with E-state index in [0.29, 0.717) is 6.42 Å². The van der Waals surface area contributed by atoms with Gasteiger partial charge in [0, 0.05) is 31.4 Å². The summed E-state index contributed by atoms with van der Waals surface area (Å²) >= 11 is 0. The van der Waals surface area contributed by atoms with Crippen molar-refractivity contribution in [2.24, 2.45) is 5.92 Å². The number of nitrogens with zero attached hydrogens (tertiary/aromatic N) is 2. The van der Waals surface area contributed by atoms with Gasteiger partial charge in [0.2, 0.25) is 5.91 Å². The van der Waals surface area contributed by atoms with Crippen molar-refractivity contribution >= 4 is 30.7 Å². The van der Waals surface area contributed by atoms with Crippen molar-refractivity contribution in [3.05, 3.63) is 18.7 Å². The Morgan fingerprint density at radius 1 is 1.43 bits per heavy atom. The summed E-state index contributed by atoms with van der Waals surface area (Å²) in [5.74, 6) is 0.891. The van der Waals surface area contributed by atoms with Crippen molar-refractivity contribution in [3.8, 4) is 0 Å². The summed E-state index contributed by atoms with van der Waals surface area (Å²) in [7, 11) is 0. The van der Waals surface area contributed by atoms with Crippen molar-refractivity contribution in [1.29, 1.82) is 0 Å². The average molecular weight is 337 g/mol. The van der Waals surface area contributed by atoms with E-state index in [4.69, 9.17) is 0 Å². The number of aromatic nitrogens is 2. The normalized spacial score (nSPS) is 16.4. The second kappa shape index (κ2) is 10.9. The maximum absolute atomic E-state index is 11.9. The molecule has 122 valence electrons. The van der Waals surface area contributed by atoms with E-state index >= 15 is 0 Å². The van der Waals surface area contributed by atoms with Crippen LogP contribution in [0.1, 0.15) is 32.6 Å². The summed E-state index contributed by atoms with van der Waals surface area (Å²) in [5, 5.41) is 6.40. The number of amides is 1. The molecule has 2 N–H and O–H groups in total. The zero-order chi connectivity index (χ0) is 13.5. The Balaban J connectivity index is 0.00000200.